The van der Waals surface area contributed by atoms with Crippen molar-refractivity contribution in [1.29, 1.82) is 0 Å². The smallest absolute Gasteiger partial charge is 0.0172 e. The summed E-state index contributed by atoms with van der Waals surface area (Å²) in [6.45, 7) is 10.4. The van der Waals surface area contributed by atoms with Crippen LogP contribution in [0.15, 0.2) is 85.5 Å². The standard InChI is InChI=1S/C28H30/c1-5-8-9-22-12-16-25(17-13-22)28-19-26(23(6-2)7-3)18-27(20-28)24-14-10-21(4)11-15-24/h6-7,10-20H,2,5,8-9H2,1,3-4H3/b23-7+. The molecule has 0 heteroatoms. The zero-order valence-electron chi connectivity index (χ0n) is 17.3. The number of hydrogen-bond donors (Lipinski definition) is 0. The largest absolute Gasteiger partial charge is 0.0985 e. The molecule has 0 nitrogen and oxygen atoms in total. The average Bonchev–Trinajstić information content (AvgIpc) is 2.74. The first-order valence-corrected chi connectivity index (χ1v) is 10.2. The monoisotopic (exact) mass is 366 g/mol. The molecule has 3 aromatic carbocycles. The summed E-state index contributed by atoms with van der Waals surface area (Å²) >= 11 is 0. The van der Waals surface area contributed by atoms with E-state index in [1.807, 2.05) is 6.08 Å². The van der Waals surface area contributed by atoms with Crippen molar-refractivity contribution in [2.45, 2.75) is 40.0 Å². The predicted molar refractivity (Wildman–Crippen MR) is 125 cm³/mol. The second kappa shape index (κ2) is 9.37. The molecule has 0 radical (unpaired) electrons. The molecular weight excluding hydrogens is 336 g/mol. The molecule has 0 amide bonds. The van der Waals surface area contributed by atoms with E-state index in [2.05, 4.69) is 100 Å². The molecule has 0 aromatic heterocycles. The van der Waals surface area contributed by atoms with E-state index in [0.717, 1.165) is 12.0 Å². The topological polar surface area (TPSA) is 0 Å². The number of allylic oxidation sites excluding steroid dienone is 3. The van der Waals surface area contributed by atoms with Gasteiger partial charge in [-0.15, -0.1) is 0 Å². The van der Waals surface area contributed by atoms with Crippen molar-refractivity contribution < 1.29 is 0 Å². The summed E-state index contributed by atoms with van der Waals surface area (Å²) in [5, 5.41) is 0. The molecule has 0 heterocycles. The van der Waals surface area contributed by atoms with Crippen LogP contribution >= 0.6 is 0 Å². The molecule has 0 aliphatic rings. The molecule has 0 N–H and O–H groups in total. The zero-order chi connectivity index (χ0) is 19.9. The molecule has 28 heavy (non-hydrogen) atoms. The first-order valence-electron chi connectivity index (χ1n) is 10.2. The predicted octanol–water partition coefficient (Wildman–Crippen LogP) is 8.26. The SMILES string of the molecule is C=C/C(=C\C)c1cc(-c2ccc(C)cc2)cc(-c2ccc(CCCC)cc2)c1. The van der Waals surface area contributed by atoms with Crippen molar-refractivity contribution >= 4 is 5.57 Å². The molecule has 0 bridgehead atoms. The third kappa shape index (κ3) is 4.70. The minimum Gasteiger partial charge on any atom is -0.0985 e. The maximum absolute atomic E-state index is 4.00. The Morgan fingerprint density at radius 2 is 1.39 bits per heavy atom. The minimum absolute atomic E-state index is 1.16. The van der Waals surface area contributed by atoms with Gasteiger partial charge in [0.1, 0.15) is 0 Å². The molecule has 142 valence electrons. The van der Waals surface area contributed by atoms with Crippen LogP contribution in [0.4, 0.5) is 0 Å². The number of rotatable bonds is 7. The summed E-state index contributed by atoms with van der Waals surface area (Å²) in [6.07, 6.45) is 7.70. The van der Waals surface area contributed by atoms with Gasteiger partial charge >= 0.3 is 0 Å². The van der Waals surface area contributed by atoms with E-state index in [4.69, 9.17) is 0 Å². The second-order valence-electron chi connectivity index (χ2n) is 7.41. The molecule has 0 unspecified atom stereocenters. The van der Waals surface area contributed by atoms with E-state index < -0.39 is 0 Å². The lowest BCUT2D eigenvalue weighted by Gasteiger charge is -2.12. The molecule has 0 spiro atoms. The van der Waals surface area contributed by atoms with Crippen molar-refractivity contribution in [3.05, 3.63) is 102 Å². The lowest BCUT2D eigenvalue weighted by atomic mass is 9.92. The van der Waals surface area contributed by atoms with Gasteiger partial charge in [0.05, 0.1) is 0 Å². The molecular formula is C28H30. The highest BCUT2D eigenvalue weighted by Crippen LogP contribution is 2.31. The lowest BCUT2D eigenvalue weighted by molar-refractivity contribution is 0.795. The normalized spacial score (nSPS) is 11.5. The number of hydrogen-bond acceptors (Lipinski definition) is 0. The summed E-state index contributed by atoms with van der Waals surface area (Å²) in [7, 11) is 0. The summed E-state index contributed by atoms with van der Waals surface area (Å²) < 4.78 is 0. The van der Waals surface area contributed by atoms with Crippen LogP contribution in [0.5, 0.6) is 0 Å². The Balaban J connectivity index is 2.06. The zero-order valence-corrected chi connectivity index (χ0v) is 17.3. The third-order valence-electron chi connectivity index (χ3n) is 5.29. The molecule has 3 aromatic rings. The Morgan fingerprint density at radius 1 is 0.821 bits per heavy atom. The molecule has 0 atom stereocenters. The van der Waals surface area contributed by atoms with Crippen molar-refractivity contribution in [3.63, 3.8) is 0 Å². The Bertz CT molecular complexity index is 954. The van der Waals surface area contributed by atoms with Gasteiger partial charge in [-0.2, -0.15) is 0 Å². The van der Waals surface area contributed by atoms with E-state index in [-0.39, 0.29) is 0 Å². The fourth-order valence-corrected chi connectivity index (χ4v) is 3.52. The lowest BCUT2D eigenvalue weighted by Crippen LogP contribution is -1.89. The van der Waals surface area contributed by atoms with Crippen LogP contribution in [0.2, 0.25) is 0 Å². The summed E-state index contributed by atoms with van der Waals surface area (Å²) in [6, 6.07) is 24.6. The van der Waals surface area contributed by atoms with E-state index >= 15 is 0 Å². The first-order chi connectivity index (χ1) is 13.6. The van der Waals surface area contributed by atoms with Gasteiger partial charge < -0.3 is 0 Å². The van der Waals surface area contributed by atoms with E-state index in [9.17, 15) is 0 Å². The molecule has 0 fully saturated rings. The van der Waals surface area contributed by atoms with E-state index in [0.29, 0.717) is 0 Å². The molecule has 3 rings (SSSR count). The summed E-state index contributed by atoms with van der Waals surface area (Å²) in [4.78, 5) is 0. The number of aryl methyl sites for hydroxylation is 2. The number of unbranched alkanes of at least 4 members (excludes halogenated alkanes) is 1. The van der Waals surface area contributed by atoms with Crippen LogP contribution in [-0.4, -0.2) is 0 Å². The van der Waals surface area contributed by atoms with Gasteiger partial charge in [-0.1, -0.05) is 86.2 Å². The van der Waals surface area contributed by atoms with Crippen LogP contribution < -0.4 is 0 Å². The molecule has 0 saturated heterocycles. The van der Waals surface area contributed by atoms with Gasteiger partial charge in [-0.3, -0.25) is 0 Å². The van der Waals surface area contributed by atoms with Crippen LogP contribution in [0.3, 0.4) is 0 Å². The minimum atomic E-state index is 1.16. The Kier molecular flexibility index (Phi) is 6.66. The highest BCUT2D eigenvalue weighted by Gasteiger charge is 2.08. The Hall–Kier alpha value is -2.86. The molecule has 0 aliphatic carbocycles. The van der Waals surface area contributed by atoms with Crippen LogP contribution in [0.1, 0.15) is 43.4 Å². The van der Waals surface area contributed by atoms with Gasteiger partial charge in [0.2, 0.25) is 0 Å². The number of benzene rings is 3. The highest BCUT2D eigenvalue weighted by molar-refractivity contribution is 5.82. The second-order valence-corrected chi connectivity index (χ2v) is 7.41. The van der Waals surface area contributed by atoms with E-state index in [1.165, 1.54) is 51.8 Å². The fourth-order valence-electron chi connectivity index (χ4n) is 3.52. The quantitative estimate of drug-likeness (QED) is 0.369. The van der Waals surface area contributed by atoms with Crippen molar-refractivity contribution in [3.8, 4) is 22.3 Å². The van der Waals surface area contributed by atoms with Crippen LogP contribution in [0, 0.1) is 6.92 Å². The average molecular weight is 367 g/mol. The van der Waals surface area contributed by atoms with E-state index in [1.54, 1.807) is 0 Å². The fraction of sp³-hybridized carbons (Fsp3) is 0.214. The molecule has 0 saturated carbocycles. The Labute approximate surface area is 170 Å². The highest BCUT2D eigenvalue weighted by atomic mass is 14.1. The van der Waals surface area contributed by atoms with Crippen molar-refractivity contribution in [1.82, 2.24) is 0 Å². The van der Waals surface area contributed by atoms with Gasteiger partial charge in [0, 0.05) is 0 Å². The third-order valence-corrected chi connectivity index (χ3v) is 5.29. The first kappa shape index (κ1) is 19.9. The van der Waals surface area contributed by atoms with Crippen molar-refractivity contribution in [2.24, 2.45) is 0 Å². The van der Waals surface area contributed by atoms with Crippen LogP contribution in [0.25, 0.3) is 27.8 Å². The Morgan fingerprint density at radius 3 is 1.89 bits per heavy atom. The van der Waals surface area contributed by atoms with Gasteiger partial charge in [-0.05, 0) is 83.8 Å². The maximum atomic E-state index is 4.00. The van der Waals surface area contributed by atoms with Crippen molar-refractivity contribution in [2.75, 3.05) is 0 Å². The van der Waals surface area contributed by atoms with Gasteiger partial charge in [0.15, 0.2) is 0 Å². The summed E-state index contributed by atoms with van der Waals surface area (Å²) in [5.74, 6) is 0. The summed E-state index contributed by atoms with van der Waals surface area (Å²) in [5.41, 5.74) is 10.1. The van der Waals surface area contributed by atoms with Gasteiger partial charge in [-0.25, -0.2) is 0 Å². The molecule has 0 aliphatic heterocycles. The van der Waals surface area contributed by atoms with Gasteiger partial charge in [0.25, 0.3) is 0 Å². The maximum Gasteiger partial charge on any atom is -0.0172 e. The van der Waals surface area contributed by atoms with Crippen LogP contribution in [-0.2, 0) is 6.42 Å².